The minimum absolute atomic E-state index is 0.320. The van der Waals surface area contributed by atoms with Crippen LogP contribution in [0, 0.1) is 12.7 Å². The first-order valence-corrected chi connectivity index (χ1v) is 8.31. The maximum Gasteiger partial charge on any atom is 0.258 e. The number of hydrogen-bond donors (Lipinski definition) is 2. The smallest absolute Gasteiger partial charge is 0.258 e. The van der Waals surface area contributed by atoms with Crippen LogP contribution in [0.15, 0.2) is 54.9 Å². The van der Waals surface area contributed by atoms with Gasteiger partial charge in [-0.05, 0) is 48.7 Å². The molecule has 0 atom stereocenters. The summed E-state index contributed by atoms with van der Waals surface area (Å²) in [4.78, 5) is 20.7. The zero-order valence-corrected chi connectivity index (χ0v) is 14.6. The van der Waals surface area contributed by atoms with E-state index in [1.165, 1.54) is 42.2 Å². The van der Waals surface area contributed by atoms with Crippen molar-refractivity contribution in [3.05, 3.63) is 77.4 Å². The Balaban J connectivity index is 1.72. The number of aryl methyl sites for hydroxylation is 2. The lowest BCUT2D eigenvalue weighted by Gasteiger charge is -2.12. The molecule has 1 amide bonds. The van der Waals surface area contributed by atoms with E-state index in [0.29, 0.717) is 17.2 Å². The minimum atomic E-state index is -0.357. The number of halogens is 1. The molecule has 0 aliphatic heterocycles. The molecule has 6 heteroatoms. The van der Waals surface area contributed by atoms with Crippen molar-refractivity contribution in [3.8, 4) is 0 Å². The summed E-state index contributed by atoms with van der Waals surface area (Å²) in [5.41, 5.74) is 4.09. The van der Waals surface area contributed by atoms with Crippen LogP contribution in [0.4, 0.5) is 21.7 Å². The number of benzene rings is 2. The molecule has 1 heterocycles. The van der Waals surface area contributed by atoms with Crippen LogP contribution in [0.2, 0.25) is 0 Å². The topological polar surface area (TPSA) is 66.9 Å². The van der Waals surface area contributed by atoms with Gasteiger partial charge in [-0.1, -0.05) is 25.1 Å². The van der Waals surface area contributed by atoms with E-state index in [1.807, 2.05) is 19.1 Å². The van der Waals surface area contributed by atoms with Crippen molar-refractivity contribution in [1.82, 2.24) is 9.97 Å². The van der Waals surface area contributed by atoms with Crippen molar-refractivity contribution in [2.45, 2.75) is 20.3 Å². The Bertz CT molecular complexity index is 908. The second-order valence-electron chi connectivity index (χ2n) is 5.84. The van der Waals surface area contributed by atoms with Crippen LogP contribution in [-0.4, -0.2) is 15.9 Å². The molecular weight excluding hydrogens is 331 g/mol. The maximum absolute atomic E-state index is 12.9. The molecule has 0 saturated carbocycles. The largest absolute Gasteiger partial charge is 0.324 e. The standard InChI is InChI=1S/C20H19FN4O/c1-3-14-6-4-5-13(2)18(14)25-20-22-11-15(12-23-20)19(26)24-17-9-7-16(21)8-10-17/h4-12H,3H2,1-2H3,(H,24,26)(H,22,23,25). The highest BCUT2D eigenvalue weighted by atomic mass is 19.1. The van der Waals surface area contributed by atoms with Gasteiger partial charge in [-0.15, -0.1) is 0 Å². The minimum Gasteiger partial charge on any atom is -0.324 e. The summed E-state index contributed by atoms with van der Waals surface area (Å²) in [6, 6.07) is 11.6. The third-order valence-corrected chi connectivity index (χ3v) is 3.99. The number of rotatable bonds is 5. The van der Waals surface area contributed by atoms with Crippen LogP contribution in [0.5, 0.6) is 0 Å². The van der Waals surface area contributed by atoms with Gasteiger partial charge in [0, 0.05) is 23.8 Å². The quantitative estimate of drug-likeness (QED) is 0.712. The molecule has 0 aliphatic rings. The predicted octanol–water partition coefficient (Wildman–Crippen LogP) is 4.48. The van der Waals surface area contributed by atoms with Crippen molar-refractivity contribution < 1.29 is 9.18 Å². The normalized spacial score (nSPS) is 10.4. The van der Waals surface area contributed by atoms with Gasteiger partial charge in [0.2, 0.25) is 5.95 Å². The first-order valence-electron chi connectivity index (χ1n) is 8.31. The Kier molecular flexibility index (Phi) is 5.22. The van der Waals surface area contributed by atoms with E-state index in [1.54, 1.807) is 0 Å². The monoisotopic (exact) mass is 350 g/mol. The molecule has 1 aromatic heterocycles. The van der Waals surface area contributed by atoms with Crippen LogP contribution in [-0.2, 0) is 6.42 Å². The molecular formula is C20H19FN4O. The average Bonchev–Trinajstić information content (AvgIpc) is 2.65. The van der Waals surface area contributed by atoms with Crippen molar-refractivity contribution in [2.75, 3.05) is 10.6 Å². The summed E-state index contributed by atoms with van der Waals surface area (Å²) in [5.74, 6) is -0.287. The Hall–Kier alpha value is -3.28. The molecule has 26 heavy (non-hydrogen) atoms. The van der Waals surface area contributed by atoms with Crippen molar-refractivity contribution in [3.63, 3.8) is 0 Å². The molecule has 0 bridgehead atoms. The molecule has 0 radical (unpaired) electrons. The zero-order valence-electron chi connectivity index (χ0n) is 14.6. The van der Waals surface area contributed by atoms with E-state index in [9.17, 15) is 9.18 Å². The van der Waals surface area contributed by atoms with Gasteiger partial charge in [0.1, 0.15) is 5.82 Å². The van der Waals surface area contributed by atoms with E-state index in [0.717, 1.165) is 17.7 Å². The summed E-state index contributed by atoms with van der Waals surface area (Å²) in [6.45, 7) is 4.11. The van der Waals surface area contributed by atoms with E-state index in [4.69, 9.17) is 0 Å². The van der Waals surface area contributed by atoms with E-state index in [-0.39, 0.29) is 11.7 Å². The molecule has 132 valence electrons. The van der Waals surface area contributed by atoms with Crippen LogP contribution in [0.3, 0.4) is 0 Å². The fourth-order valence-corrected chi connectivity index (χ4v) is 2.56. The van der Waals surface area contributed by atoms with Crippen molar-refractivity contribution >= 4 is 23.2 Å². The summed E-state index contributed by atoms with van der Waals surface area (Å²) >= 11 is 0. The van der Waals surface area contributed by atoms with Gasteiger partial charge in [-0.3, -0.25) is 4.79 Å². The molecule has 3 rings (SSSR count). The Labute approximate surface area is 151 Å². The summed E-state index contributed by atoms with van der Waals surface area (Å²) in [5, 5.41) is 5.89. The third kappa shape index (κ3) is 4.03. The van der Waals surface area contributed by atoms with Crippen LogP contribution < -0.4 is 10.6 Å². The number of aromatic nitrogens is 2. The number of nitrogens with zero attached hydrogens (tertiary/aromatic N) is 2. The second-order valence-corrected chi connectivity index (χ2v) is 5.84. The van der Waals surface area contributed by atoms with Gasteiger partial charge >= 0.3 is 0 Å². The highest BCUT2D eigenvalue weighted by Gasteiger charge is 2.10. The second kappa shape index (κ2) is 7.74. The zero-order chi connectivity index (χ0) is 18.5. The molecule has 3 aromatic rings. The maximum atomic E-state index is 12.9. The highest BCUT2D eigenvalue weighted by Crippen LogP contribution is 2.23. The first-order chi connectivity index (χ1) is 12.6. The van der Waals surface area contributed by atoms with Crippen molar-refractivity contribution in [1.29, 1.82) is 0 Å². The highest BCUT2D eigenvalue weighted by molar-refractivity contribution is 6.03. The van der Waals surface area contributed by atoms with Crippen LogP contribution in [0.25, 0.3) is 0 Å². The fourth-order valence-electron chi connectivity index (χ4n) is 2.56. The number of nitrogens with one attached hydrogen (secondary N) is 2. The lowest BCUT2D eigenvalue weighted by molar-refractivity contribution is 0.102. The summed E-state index contributed by atoms with van der Waals surface area (Å²) < 4.78 is 12.9. The molecule has 2 aromatic carbocycles. The first kappa shape index (κ1) is 17.5. The lowest BCUT2D eigenvalue weighted by Crippen LogP contribution is -2.13. The van der Waals surface area contributed by atoms with Gasteiger partial charge in [0.15, 0.2) is 0 Å². The SMILES string of the molecule is CCc1cccc(C)c1Nc1ncc(C(=O)Nc2ccc(F)cc2)cn1. The Morgan fingerprint density at radius 2 is 1.77 bits per heavy atom. The van der Waals surface area contributed by atoms with Crippen LogP contribution >= 0.6 is 0 Å². The number of amides is 1. The third-order valence-electron chi connectivity index (χ3n) is 3.99. The number of anilines is 3. The molecule has 0 unspecified atom stereocenters. The van der Waals surface area contributed by atoms with Gasteiger partial charge < -0.3 is 10.6 Å². The Morgan fingerprint density at radius 3 is 2.42 bits per heavy atom. The average molecular weight is 350 g/mol. The molecule has 2 N–H and O–H groups in total. The Morgan fingerprint density at radius 1 is 1.08 bits per heavy atom. The number of carbonyl (C=O) groups is 1. The van der Waals surface area contributed by atoms with Crippen molar-refractivity contribution in [2.24, 2.45) is 0 Å². The van der Waals surface area contributed by atoms with Gasteiger partial charge in [0.05, 0.1) is 5.56 Å². The van der Waals surface area contributed by atoms with E-state index in [2.05, 4.69) is 33.6 Å². The number of hydrogen-bond acceptors (Lipinski definition) is 4. The van der Waals surface area contributed by atoms with Gasteiger partial charge in [-0.2, -0.15) is 0 Å². The predicted molar refractivity (Wildman–Crippen MR) is 100 cm³/mol. The molecule has 0 fully saturated rings. The van der Waals surface area contributed by atoms with E-state index < -0.39 is 0 Å². The van der Waals surface area contributed by atoms with Crippen LogP contribution in [0.1, 0.15) is 28.4 Å². The summed E-state index contributed by atoms with van der Waals surface area (Å²) in [6.07, 6.45) is 3.80. The molecule has 0 spiro atoms. The fraction of sp³-hybridized carbons (Fsp3) is 0.150. The van der Waals surface area contributed by atoms with Gasteiger partial charge in [-0.25, -0.2) is 14.4 Å². The molecule has 5 nitrogen and oxygen atoms in total. The summed E-state index contributed by atoms with van der Waals surface area (Å²) in [7, 11) is 0. The number of carbonyl (C=O) groups excluding carboxylic acids is 1. The van der Waals surface area contributed by atoms with Gasteiger partial charge in [0.25, 0.3) is 5.91 Å². The molecule has 0 saturated heterocycles. The molecule has 0 aliphatic carbocycles. The lowest BCUT2D eigenvalue weighted by atomic mass is 10.1. The van der Waals surface area contributed by atoms with E-state index >= 15 is 0 Å². The number of para-hydroxylation sites is 1.